The van der Waals surface area contributed by atoms with Gasteiger partial charge in [0, 0.05) is 44.7 Å². The van der Waals surface area contributed by atoms with Crippen molar-refractivity contribution in [2.45, 2.75) is 0 Å². The maximum atomic E-state index is 6.52. The summed E-state index contributed by atoms with van der Waals surface area (Å²) in [5.74, 6) is 0. The molecule has 0 saturated carbocycles. The third-order valence-electron chi connectivity index (χ3n) is 6.48. The number of fused-ring (bicyclic) bond motifs is 9. The van der Waals surface area contributed by atoms with Crippen LogP contribution in [0.15, 0.2) is 83.8 Å². The molecule has 5 heterocycles. The van der Waals surface area contributed by atoms with Crippen LogP contribution in [0.5, 0.6) is 0 Å². The molecule has 4 heteroatoms. The molecular formula is C26H13N3O. The lowest BCUT2D eigenvalue weighted by Crippen LogP contribution is -1.84. The molecule has 0 atom stereocenters. The van der Waals surface area contributed by atoms with Gasteiger partial charge >= 0.3 is 0 Å². The van der Waals surface area contributed by atoms with Crippen LogP contribution < -0.4 is 0 Å². The van der Waals surface area contributed by atoms with E-state index in [1.54, 1.807) is 0 Å². The molecule has 4 nitrogen and oxygen atoms in total. The van der Waals surface area contributed by atoms with Crippen molar-refractivity contribution in [2.75, 3.05) is 0 Å². The molecule has 0 unspecified atom stereocenters. The summed E-state index contributed by atoms with van der Waals surface area (Å²) in [4.78, 5) is 8.83. The summed E-state index contributed by atoms with van der Waals surface area (Å²) in [6.45, 7) is 0. The molecule has 0 amide bonds. The second-order valence-corrected chi connectivity index (χ2v) is 7.90. The van der Waals surface area contributed by atoms with E-state index >= 15 is 0 Å². The minimum Gasteiger partial charge on any atom is -0.456 e. The molecule has 3 aromatic carbocycles. The largest absolute Gasteiger partial charge is 0.456 e. The van der Waals surface area contributed by atoms with E-state index in [0.29, 0.717) is 0 Å². The van der Waals surface area contributed by atoms with Crippen LogP contribution in [0, 0.1) is 0 Å². The lowest BCUT2D eigenvalue weighted by Gasteiger charge is -2.10. The number of aromatic nitrogens is 3. The van der Waals surface area contributed by atoms with Crippen LogP contribution in [0.25, 0.3) is 70.8 Å². The van der Waals surface area contributed by atoms with Gasteiger partial charge in [-0.05, 0) is 35.0 Å². The molecule has 0 bridgehead atoms. The Balaban J connectivity index is 1.84. The lowest BCUT2D eigenvalue weighted by atomic mass is 9.97. The van der Waals surface area contributed by atoms with Gasteiger partial charge in [-0.2, -0.15) is 0 Å². The molecule has 0 saturated heterocycles. The van der Waals surface area contributed by atoms with Crippen molar-refractivity contribution in [1.29, 1.82) is 0 Å². The van der Waals surface area contributed by atoms with Gasteiger partial charge in [-0.1, -0.05) is 30.3 Å². The van der Waals surface area contributed by atoms with Crippen molar-refractivity contribution in [3.05, 3.63) is 79.4 Å². The standard InChI is InChI=1S/C26H13N3O/c1-3-14-4-2-6-21-23(14)17(5-1)24-22(30-21)11-18-15-7-9-27-12-19(15)29-20-13-28-10-8-16(20)25(24)26(18)29/h1-13H. The van der Waals surface area contributed by atoms with Gasteiger partial charge in [0.1, 0.15) is 11.2 Å². The number of hydrogen-bond donors (Lipinski definition) is 0. The van der Waals surface area contributed by atoms with Crippen molar-refractivity contribution in [3.8, 4) is 0 Å². The Morgan fingerprint density at radius 3 is 2.27 bits per heavy atom. The molecule has 0 spiro atoms. The molecule has 0 radical (unpaired) electrons. The number of hydrogen-bond acceptors (Lipinski definition) is 3. The minimum atomic E-state index is 0.907. The Morgan fingerprint density at radius 1 is 0.633 bits per heavy atom. The van der Waals surface area contributed by atoms with Gasteiger partial charge in [0.15, 0.2) is 0 Å². The number of rotatable bonds is 0. The lowest BCUT2D eigenvalue weighted by molar-refractivity contribution is 0.663. The monoisotopic (exact) mass is 383 g/mol. The third kappa shape index (κ3) is 1.54. The molecule has 5 aromatic heterocycles. The van der Waals surface area contributed by atoms with Gasteiger partial charge in [0.25, 0.3) is 0 Å². The Hall–Kier alpha value is -4.18. The zero-order valence-corrected chi connectivity index (χ0v) is 15.8. The van der Waals surface area contributed by atoms with Crippen molar-refractivity contribution >= 4 is 70.8 Å². The van der Waals surface area contributed by atoms with E-state index < -0.39 is 0 Å². The second-order valence-electron chi connectivity index (χ2n) is 7.90. The first-order chi connectivity index (χ1) is 14.9. The van der Waals surface area contributed by atoms with Crippen LogP contribution in [0.4, 0.5) is 0 Å². The predicted octanol–water partition coefficient (Wildman–Crippen LogP) is 6.68. The average molecular weight is 383 g/mol. The van der Waals surface area contributed by atoms with E-state index in [-0.39, 0.29) is 0 Å². The summed E-state index contributed by atoms with van der Waals surface area (Å²) in [5, 5.41) is 9.53. The smallest absolute Gasteiger partial charge is 0.136 e. The molecule has 30 heavy (non-hydrogen) atoms. The average Bonchev–Trinajstić information content (AvgIpc) is 3.30. The maximum Gasteiger partial charge on any atom is 0.136 e. The van der Waals surface area contributed by atoms with Crippen LogP contribution in [0.3, 0.4) is 0 Å². The van der Waals surface area contributed by atoms with Gasteiger partial charge in [-0.3, -0.25) is 9.97 Å². The highest BCUT2D eigenvalue weighted by Gasteiger charge is 2.22. The number of benzene rings is 3. The molecule has 8 aromatic rings. The zero-order chi connectivity index (χ0) is 19.4. The predicted molar refractivity (Wildman–Crippen MR) is 121 cm³/mol. The summed E-state index contributed by atoms with van der Waals surface area (Å²) >= 11 is 0. The maximum absolute atomic E-state index is 6.52. The Kier molecular flexibility index (Phi) is 2.39. The van der Waals surface area contributed by atoms with E-state index in [4.69, 9.17) is 4.42 Å². The Bertz CT molecular complexity index is 1950. The third-order valence-corrected chi connectivity index (χ3v) is 6.48. The van der Waals surface area contributed by atoms with Crippen LogP contribution in [-0.2, 0) is 0 Å². The van der Waals surface area contributed by atoms with Crippen LogP contribution in [0.2, 0.25) is 0 Å². The first kappa shape index (κ1) is 14.8. The normalized spacial score (nSPS) is 12.7. The molecule has 8 rings (SSSR count). The molecule has 0 N–H and O–H groups in total. The van der Waals surface area contributed by atoms with Gasteiger partial charge in [0.05, 0.1) is 28.9 Å². The summed E-state index contributed by atoms with van der Waals surface area (Å²) < 4.78 is 8.82. The molecular weight excluding hydrogens is 370 g/mol. The fraction of sp³-hybridized carbons (Fsp3) is 0. The van der Waals surface area contributed by atoms with Crippen molar-refractivity contribution in [2.24, 2.45) is 0 Å². The van der Waals surface area contributed by atoms with Crippen molar-refractivity contribution < 1.29 is 4.42 Å². The van der Waals surface area contributed by atoms with Crippen LogP contribution in [0.1, 0.15) is 0 Å². The summed E-state index contributed by atoms with van der Waals surface area (Å²) in [6, 6.07) is 19.2. The van der Waals surface area contributed by atoms with E-state index in [1.807, 2.05) is 24.8 Å². The highest BCUT2D eigenvalue weighted by molar-refractivity contribution is 6.35. The molecule has 0 aliphatic carbocycles. The van der Waals surface area contributed by atoms with Crippen LogP contribution >= 0.6 is 0 Å². The summed E-state index contributed by atoms with van der Waals surface area (Å²) in [7, 11) is 0. The minimum absolute atomic E-state index is 0.907. The molecule has 138 valence electrons. The number of nitrogens with zero attached hydrogens (tertiary/aromatic N) is 3. The van der Waals surface area contributed by atoms with Crippen LogP contribution in [-0.4, -0.2) is 14.4 Å². The SMILES string of the molecule is c1cc2cccc3c2c(c1)oc1cc2c4ccncc4n4c5cnccc5c(c13)c24. The summed E-state index contributed by atoms with van der Waals surface area (Å²) in [6.07, 6.45) is 7.62. The highest BCUT2D eigenvalue weighted by Crippen LogP contribution is 2.45. The molecule has 0 aliphatic rings. The highest BCUT2D eigenvalue weighted by atomic mass is 16.3. The number of pyridine rings is 2. The second kappa shape index (κ2) is 4.86. The van der Waals surface area contributed by atoms with Gasteiger partial charge in [-0.25, -0.2) is 0 Å². The van der Waals surface area contributed by atoms with Gasteiger partial charge < -0.3 is 8.82 Å². The fourth-order valence-electron chi connectivity index (χ4n) is 5.35. The van der Waals surface area contributed by atoms with Crippen molar-refractivity contribution in [1.82, 2.24) is 14.4 Å². The van der Waals surface area contributed by atoms with E-state index in [2.05, 4.69) is 69.0 Å². The first-order valence-electron chi connectivity index (χ1n) is 10.00. The Labute approximate surface area is 169 Å². The first-order valence-corrected chi connectivity index (χ1v) is 10.00. The van der Waals surface area contributed by atoms with E-state index in [1.165, 1.54) is 43.2 Å². The zero-order valence-electron chi connectivity index (χ0n) is 15.8. The fourth-order valence-corrected chi connectivity index (χ4v) is 5.35. The molecule has 0 fully saturated rings. The quantitative estimate of drug-likeness (QED) is 0.217. The van der Waals surface area contributed by atoms with Gasteiger partial charge in [0.2, 0.25) is 0 Å². The molecule has 0 aliphatic heterocycles. The van der Waals surface area contributed by atoms with E-state index in [9.17, 15) is 0 Å². The van der Waals surface area contributed by atoms with E-state index in [0.717, 1.165) is 27.6 Å². The Morgan fingerprint density at radius 2 is 1.40 bits per heavy atom. The van der Waals surface area contributed by atoms with Gasteiger partial charge in [-0.15, -0.1) is 0 Å². The summed E-state index contributed by atoms with van der Waals surface area (Å²) in [5.41, 5.74) is 5.22. The topological polar surface area (TPSA) is 43.3 Å². The van der Waals surface area contributed by atoms with Crippen molar-refractivity contribution in [3.63, 3.8) is 0 Å².